The molecule has 0 bridgehead atoms. The quantitative estimate of drug-likeness (QED) is 0.770. The highest BCUT2D eigenvalue weighted by Crippen LogP contribution is 2.22. The molecule has 0 radical (unpaired) electrons. The summed E-state index contributed by atoms with van der Waals surface area (Å²) in [4.78, 5) is 0. The minimum absolute atomic E-state index is 0.242. The molecular formula is C19H33N. The third-order valence-corrected chi connectivity index (χ3v) is 4.24. The van der Waals surface area contributed by atoms with Crippen molar-refractivity contribution in [2.75, 3.05) is 6.54 Å². The maximum Gasteiger partial charge on any atom is 0.0205 e. The molecule has 0 saturated carbocycles. The predicted molar refractivity (Wildman–Crippen MR) is 90.0 cm³/mol. The summed E-state index contributed by atoms with van der Waals surface area (Å²) in [5, 5.41) is 3.62. The van der Waals surface area contributed by atoms with Crippen molar-refractivity contribution in [3.63, 3.8) is 0 Å². The van der Waals surface area contributed by atoms with Crippen LogP contribution in [0.2, 0.25) is 0 Å². The highest BCUT2D eigenvalue weighted by molar-refractivity contribution is 5.27. The molecule has 0 amide bonds. The van der Waals surface area contributed by atoms with E-state index in [9.17, 15) is 0 Å². The van der Waals surface area contributed by atoms with Crippen LogP contribution in [0.5, 0.6) is 0 Å². The predicted octanol–water partition coefficient (Wildman–Crippen LogP) is 5.00. The zero-order valence-corrected chi connectivity index (χ0v) is 14.5. The molecule has 0 heterocycles. The van der Waals surface area contributed by atoms with E-state index in [1.54, 1.807) is 0 Å². The van der Waals surface area contributed by atoms with Crippen molar-refractivity contribution < 1.29 is 0 Å². The molecule has 1 heteroatoms. The molecule has 1 rings (SSSR count). The van der Waals surface area contributed by atoms with Crippen LogP contribution in [-0.2, 0) is 12.0 Å². The SMILES string of the molecule is CC(C)C(CNCc1ccc(C(C)(C)C)cc1)C(C)C. The van der Waals surface area contributed by atoms with Gasteiger partial charge in [-0.1, -0.05) is 72.7 Å². The minimum atomic E-state index is 0.242. The third kappa shape index (κ3) is 5.28. The lowest BCUT2D eigenvalue weighted by Crippen LogP contribution is -2.29. The Kier molecular flexibility index (Phi) is 6.26. The van der Waals surface area contributed by atoms with Gasteiger partial charge in [0.15, 0.2) is 0 Å². The molecule has 1 aromatic carbocycles. The molecule has 0 aliphatic heterocycles. The highest BCUT2D eigenvalue weighted by Gasteiger charge is 2.17. The first kappa shape index (κ1) is 17.2. The Morgan fingerprint density at radius 3 is 1.80 bits per heavy atom. The molecule has 0 aromatic heterocycles. The molecule has 0 spiro atoms. The fraction of sp³-hybridized carbons (Fsp3) is 0.684. The lowest BCUT2D eigenvalue weighted by molar-refractivity contribution is 0.275. The molecule has 1 aromatic rings. The first-order valence-corrected chi connectivity index (χ1v) is 8.02. The monoisotopic (exact) mass is 275 g/mol. The van der Waals surface area contributed by atoms with Gasteiger partial charge in [0.1, 0.15) is 0 Å². The standard InChI is InChI=1S/C19H33N/c1-14(2)18(15(3)4)13-20-12-16-8-10-17(11-9-16)19(5,6)7/h8-11,14-15,18,20H,12-13H2,1-7H3. The van der Waals surface area contributed by atoms with Crippen LogP contribution in [0.1, 0.15) is 59.6 Å². The topological polar surface area (TPSA) is 12.0 Å². The molecule has 114 valence electrons. The van der Waals surface area contributed by atoms with Gasteiger partial charge in [0.05, 0.1) is 0 Å². The van der Waals surface area contributed by atoms with Crippen LogP contribution in [-0.4, -0.2) is 6.54 Å². The Hall–Kier alpha value is -0.820. The fourth-order valence-corrected chi connectivity index (χ4v) is 2.75. The molecule has 0 aliphatic rings. The highest BCUT2D eigenvalue weighted by atomic mass is 14.9. The molecule has 20 heavy (non-hydrogen) atoms. The number of hydrogen-bond donors (Lipinski definition) is 1. The number of nitrogens with one attached hydrogen (secondary N) is 1. The number of benzene rings is 1. The van der Waals surface area contributed by atoms with Crippen molar-refractivity contribution in [1.29, 1.82) is 0 Å². The molecule has 0 atom stereocenters. The van der Waals surface area contributed by atoms with Gasteiger partial charge in [-0.2, -0.15) is 0 Å². The van der Waals surface area contributed by atoms with Gasteiger partial charge in [-0.3, -0.25) is 0 Å². The summed E-state index contributed by atoms with van der Waals surface area (Å²) < 4.78 is 0. The van der Waals surface area contributed by atoms with E-state index >= 15 is 0 Å². The van der Waals surface area contributed by atoms with Gasteiger partial charge in [0.25, 0.3) is 0 Å². The zero-order chi connectivity index (χ0) is 15.3. The van der Waals surface area contributed by atoms with Gasteiger partial charge in [0.2, 0.25) is 0 Å². The summed E-state index contributed by atoms with van der Waals surface area (Å²) >= 11 is 0. The summed E-state index contributed by atoms with van der Waals surface area (Å²) in [5.41, 5.74) is 3.03. The zero-order valence-electron chi connectivity index (χ0n) is 14.5. The first-order valence-electron chi connectivity index (χ1n) is 8.02. The Balaban J connectivity index is 2.50. The van der Waals surface area contributed by atoms with E-state index < -0.39 is 0 Å². The molecule has 0 unspecified atom stereocenters. The fourth-order valence-electron chi connectivity index (χ4n) is 2.75. The second kappa shape index (κ2) is 7.26. The second-order valence-electron chi connectivity index (χ2n) is 7.73. The van der Waals surface area contributed by atoms with Crippen LogP contribution < -0.4 is 5.32 Å². The summed E-state index contributed by atoms with van der Waals surface area (Å²) in [6.07, 6.45) is 0. The molecule has 0 fully saturated rings. The van der Waals surface area contributed by atoms with Crippen molar-refractivity contribution in [2.24, 2.45) is 17.8 Å². The van der Waals surface area contributed by atoms with E-state index in [1.807, 2.05) is 0 Å². The first-order chi connectivity index (χ1) is 9.21. The van der Waals surface area contributed by atoms with Gasteiger partial charge < -0.3 is 5.32 Å². The summed E-state index contributed by atoms with van der Waals surface area (Å²) in [7, 11) is 0. The van der Waals surface area contributed by atoms with Crippen LogP contribution in [0.4, 0.5) is 0 Å². The van der Waals surface area contributed by atoms with E-state index in [4.69, 9.17) is 0 Å². The molecule has 0 saturated heterocycles. The Labute approximate surface area is 126 Å². The van der Waals surface area contributed by atoms with Gasteiger partial charge >= 0.3 is 0 Å². The summed E-state index contributed by atoms with van der Waals surface area (Å²) in [5.74, 6) is 2.24. The largest absolute Gasteiger partial charge is 0.312 e. The van der Waals surface area contributed by atoms with Gasteiger partial charge in [-0.15, -0.1) is 0 Å². The van der Waals surface area contributed by atoms with Crippen molar-refractivity contribution in [1.82, 2.24) is 5.32 Å². The lowest BCUT2D eigenvalue weighted by atomic mass is 9.85. The maximum atomic E-state index is 3.62. The Bertz CT molecular complexity index is 373. The lowest BCUT2D eigenvalue weighted by Gasteiger charge is -2.25. The molecular weight excluding hydrogens is 242 g/mol. The Morgan fingerprint density at radius 2 is 1.40 bits per heavy atom. The maximum absolute atomic E-state index is 3.62. The van der Waals surface area contributed by atoms with Crippen LogP contribution >= 0.6 is 0 Å². The molecule has 1 N–H and O–H groups in total. The van der Waals surface area contributed by atoms with E-state index in [0.29, 0.717) is 0 Å². The van der Waals surface area contributed by atoms with Gasteiger partial charge in [0, 0.05) is 6.54 Å². The van der Waals surface area contributed by atoms with Crippen molar-refractivity contribution in [2.45, 2.75) is 60.4 Å². The average Bonchev–Trinajstić information content (AvgIpc) is 2.33. The van der Waals surface area contributed by atoms with Crippen LogP contribution in [0.3, 0.4) is 0 Å². The smallest absolute Gasteiger partial charge is 0.0205 e. The molecule has 0 aliphatic carbocycles. The second-order valence-corrected chi connectivity index (χ2v) is 7.73. The van der Waals surface area contributed by atoms with Crippen LogP contribution in [0.25, 0.3) is 0 Å². The summed E-state index contributed by atoms with van der Waals surface area (Å²) in [6.45, 7) is 18.2. The van der Waals surface area contributed by atoms with E-state index in [2.05, 4.69) is 78.0 Å². The van der Waals surface area contributed by atoms with E-state index in [-0.39, 0.29) is 5.41 Å². The van der Waals surface area contributed by atoms with E-state index in [1.165, 1.54) is 11.1 Å². The van der Waals surface area contributed by atoms with Crippen molar-refractivity contribution >= 4 is 0 Å². The van der Waals surface area contributed by atoms with Crippen LogP contribution in [0, 0.1) is 17.8 Å². The van der Waals surface area contributed by atoms with Gasteiger partial charge in [-0.25, -0.2) is 0 Å². The minimum Gasteiger partial charge on any atom is -0.312 e. The normalized spacial score (nSPS) is 12.7. The van der Waals surface area contributed by atoms with E-state index in [0.717, 1.165) is 30.8 Å². The molecule has 1 nitrogen and oxygen atoms in total. The van der Waals surface area contributed by atoms with Crippen molar-refractivity contribution in [3.8, 4) is 0 Å². The van der Waals surface area contributed by atoms with Crippen molar-refractivity contribution in [3.05, 3.63) is 35.4 Å². The van der Waals surface area contributed by atoms with Gasteiger partial charge in [-0.05, 0) is 40.8 Å². The average molecular weight is 275 g/mol. The summed E-state index contributed by atoms with van der Waals surface area (Å²) in [6, 6.07) is 9.04. The van der Waals surface area contributed by atoms with Crippen LogP contribution in [0.15, 0.2) is 24.3 Å². The number of rotatable bonds is 6. The number of hydrogen-bond acceptors (Lipinski definition) is 1. The Morgan fingerprint density at radius 1 is 0.900 bits per heavy atom. The third-order valence-electron chi connectivity index (χ3n) is 4.24.